The SMILES string of the molecule is C#CCN1C(=O)Cc2cccc(Cl)c21. The largest absolute Gasteiger partial charge is 0.299 e. The van der Waals surface area contributed by atoms with E-state index in [-0.39, 0.29) is 12.5 Å². The molecule has 1 aromatic rings. The lowest BCUT2D eigenvalue weighted by atomic mass is 10.2. The van der Waals surface area contributed by atoms with Crippen LogP contribution in [0.4, 0.5) is 5.69 Å². The number of amides is 1. The number of nitrogens with zero attached hydrogens (tertiary/aromatic N) is 1. The molecule has 0 saturated heterocycles. The number of halogens is 1. The molecule has 3 heteroatoms. The third kappa shape index (κ3) is 1.26. The van der Waals surface area contributed by atoms with Crippen LogP contribution >= 0.6 is 11.6 Å². The molecule has 0 aromatic heterocycles. The number of hydrogen-bond donors (Lipinski definition) is 0. The molecule has 1 aliphatic heterocycles. The highest BCUT2D eigenvalue weighted by Crippen LogP contribution is 2.35. The van der Waals surface area contributed by atoms with E-state index >= 15 is 0 Å². The van der Waals surface area contributed by atoms with E-state index in [2.05, 4.69) is 5.92 Å². The zero-order chi connectivity index (χ0) is 10.1. The normalized spacial score (nSPS) is 14.0. The van der Waals surface area contributed by atoms with Gasteiger partial charge in [-0.1, -0.05) is 29.7 Å². The van der Waals surface area contributed by atoms with Crippen molar-refractivity contribution in [2.75, 3.05) is 11.4 Å². The lowest BCUT2D eigenvalue weighted by molar-refractivity contribution is -0.117. The average Bonchev–Trinajstić information content (AvgIpc) is 2.45. The number of para-hydroxylation sites is 1. The Hall–Kier alpha value is -1.46. The predicted octanol–water partition coefficient (Wildman–Crippen LogP) is 1.86. The van der Waals surface area contributed by atoms with Crippen LogP contribution in [0.2, 0.25) is 5.02 Å². The molecule has 0 unspecified atom stereocenters. The highest BCUT2D eigenvalue weighted by atomic mass is 35.5. The van der Waals surface area contributed by atoms with Crippen molar-refractivity contribution in [1.29, 1.82) is 0 Å². The van der Waals surface area contributed by atoms with Crippen LogP contribution in [0.5, 0.6) is 0 Å². The molecule has 0 bridgehead atoms. The van der Waals surface area contributed by atoms with Gasteiger partial charge in [-0.3, -0.25) is 9.69 Å². The minimum Gasteiger partial charge on any atom is -0.299 e. The number of hydrogen-bond acceptors (Lipinski definition) is 1. The molecule has 70 valence electrons. The van der Waals surface area contributed by atoms with E-state index in [9.17, 15) is 4.79 Å². The summed E-state index contributed by atoms with van der Waals surface area (Å²) >= 11 is 6.00. The van der Waals surface area contributed by atoms with E-state index < -0.39 is 0 Å². The molecule has 1 aliphatic rings. The number of fused-ring (bicyclic) bond motifs is 1. The van der Waals surface area contributed by atoms with Crippen molar-refractivity contribution >= 4 is 23.2 Å². The monoisotopic (exact) mass is 205 g/mol. The van der Waals surface area contributed by atoms with Crippen LogP contribution in [0, 0.1) is 12.3 Å². The van der Waals surface area contributed by atoms with Crippen LogP contribution in [0.15, 0.2) is 18.2 Å². The maximum absolute atomic E-state index is 11.5. The Bertz CT molecular complexity index is 433. The van der Waals surface area contributed by atoms with E-state index in [0.29, 0.717) is 11.4 Å². The number of benzene rings is 1. The predicted molar refractivity (Wildman–Crippen MR) is 56.3 cm³/mol. The third-order valence-corrected chi connectivity index (χ3v) is 2.54. The molecule has 1 amide bonds. The highest BCUT2D eigenvalue weighted by molar-refractivity contribution is 6.34. The first-order chi connectivity index (χ1) is 6.74. The van der Waals surface area contributed by atoms with Gasteiger partial charge in [0.25, 0.3) is 0 Å². The van der Waals surface area contributed by atoms with Gasteiger partial charge in [0.15, 0.2) is 0 Å². The fraction of sp³-hybridized carbons (Fsp3) is 0.182. The minimum absolute atomic E-state index is 0.0195. The van der Waals surface area contributed by atoms with Crippen LogP contribution in [0.3, 0.4) is 0 Å². The van der Waals surface area contributed by atoms with Gasteiger partial charge in [0.05, 0.1) is 23.7 Å². The van der Waals surface area contributed by atoms with Crippen molar-refractivity contribution in [1.82, 2.24) is 0 Å². The smallest absolute Gasteiger partial charge is 0.232 e. The van der Waals surface area contributed by atoms with Gasteiger partial charge in [0, 0.05) is 0 Å². The first kappa shape index (κ1) is 9.11. The summed E-state index contributed by atoms with van der Waals surface area (Å²) in [5.74, 6) is 2.47. The second kappa shape index (κ2) is 3.36. The average molecular weight is 206 g/mol. The van der Waals surface area contributed by atoms with E-state index in [0.717, 1.165) is 11.3 Å². The van der Waals surface area contributed by atoms with E-state index in [1.165, 1.54) is 0 Å². The standard InChI is InChI=1S/C11H8ClNO/c1-2-6-13-10(14)7-8-4-3-5-9(12)11(8)13/h1,3-5H,6-7H2. The Kier molecular flexibility index (Phi) is 2.18. The highest BCUT2D eigenvalue weighted by Gasteiger charge is 2.28. The van der Waals surface area contributed by atoms with E-state index in [4.69, 9.17) is 18.0 Å². The molecule has 0 spiro atoms. The Morgan fingerprint density at radius 2 is 2.36 bits per heavy atom. The summed E-state index contributed by atoms with van der Waals surface area (Å²) in [5, 5.41) is 0.587. The zero-order valence-corrected chi connectivity index (χ0v) is 8.21. The second-order valence-corrected chi connectivity index (χ2v) is 3.52. The number of anilines is 1. The van der Waals surface area contributed by atoms with Gasteiger partial charge in [0.2, 0.25) is 5.91 Å². The van der Waals surface area contributed by atoms with E-state index in [1.54, 1.807) is 11.0 Å². The van der Waals surface area contributed by atoms with Gasteiger partial charge in [-0.2, -0.15) is 0 Å². The Labute approximate surface area is 87.5 Å². The van der Waals surface area contributed by atoms with Crippen LogP contribution in [-0.4, -0.2) is 12.5 Å². The fourth-order valence-electron chi connectivity index (χ4n) is 1.65. The molecule has 0 saturated carbocycles. The molecule has 0 fully saturated rings. The molecule has 0 atom stereocenters. The van der Waals surface area contributed by atoms with Crippen LogP contribution < -0.4 is 4.90 Å². The molecule has 0 aliphatic carbocycles. The summed E-state index contributed by atoms with van der Waals surface area (Å²) in [5.41, 5.74) is 1.73. The Morgan fingerprint density at radius 1 is 1.57 bits per heavy atom. The van der Waals surface area contributed by atoms with Crippen LogP contribution in [0.1, 0.15) is 5.56 Å². The van der Waals surface area contributed by atoms with Crippen molar-refractivity contribution < 1.29 is 4.79 Å². The van der Waals surface area contributed by atoms with Crippen LogP contribution in [-0.2, 0) is 11.2 Å². The molecule has 0 radical (unpaired) electrons. The summed E-state index contributed by atoms with van der Waals surface area (Å²) in [4.78, 5) is 13.1. The number of rotatable bonds is 1. The lowest BCUT2D eigenvalue weighted by Crippen LogP contribution is -2.26. The third-order valence-electron chi connectivity index (χ3n) is 2.23. The molecule has 14 heavy (non-hydrogen) atoms. The first-order valence-corrected chi connectivity index (χ1v) is 4.63. The topological polar surface area (TPSA) is 20.3 Å². The van der Waals surface area contributed by atoms with Crippen molar-refractivity contribution in [3.63, 3.8) is 0 Å². The number of carbonyl (C=O) groups is 1. The van der Waals surface area contributed by atoms with Crippen LogP contribution in [0.25, 0.3) is 0 Å². The number of terminal acetylenes is 1. The van der Waals surface area contributed by atoms with Gasteiger partial charge in [0.1, 0.15) is 0 Å². The molecule has 0 N–H and O–H groups in total. The van der Waals surface area contributed by atoms with E-state index in [1.807, 2.05) is 12.1 Å². The quantitative estimate of drug-likeness (QED) is 0.641. The zero-order valence-electron chi connectivity index (χ0n) is 7.46. The molecular formula is C11H8ClNO. The summed E-state index contributed by atoms with van der Waals surface area (Å²) in [6, 6.07) is 5.51. The first-order valence-electron chi connectivity index (χ1n) is 4.25. The maximum atomic E-state index is 11.5. The van der Waals surface area contributed by atoms with Crippen molar-refractivity contribution in [3.05, 3.63) is 28.8 Å². The van der Waals surface area contributed by atoms with Gasteiger partial charge in [-0.05, 0) is 11.6 Å². The summed E-state index contributed by atoms with van der Waals surface area (Å²) < 4.78 is 0. The van der Waals surface area contributed by atoms with Gasteiger partial charge < -0.3 is 0 Å². The lowest BCUT2D eigenvalue weighted by Gasteiger charge is -2.14. The molecular weight excluding hydrogens is 198 g/mol. The summed E-state index contributed by atoms with van der Waals surface area (Å²) in [6.45, 7) is 0.287. The van der Waals surface area contributed by atoms with Gasteiger partial charge in [-0.25, -0.2) is 0 Å². The Balaban J connectivity index is 2.51. The number of carbonyl (C=O) groups excluding carboxylic acids is 1. The maximum Gasteiger partial charge on any atom is 0.232 e. The van der Waals surface area contributed by atoms with Gasteiger partial charge >= 0.3 is 0 Å². The molecule has 1 aromatic carbocycles. The van der Waals surface area contributed by atoms with Gasteiger partial charge in [-0.15, -0.1) is 6.42 Å². The Morgan fingerprint density at radius 3 is 3.07 bits per heavy atom. The molecule has 1 heterocycles. The molecule has 2 rings (SSSR count). The minimum atomic E-state index is 0.0195. The second-order valence-electron chi connectivity index (χ2n) is 3.11. The summed E-state index contributed by atoms with van der Waals surface area (Å²) in [7, 11) is 0. The van der Waals surface area contributed by atoms with Crippen molar-refractivity contribution in [3.8, 4) is 12.3 Å². The fourth-order valence-corrected chi connectivity index (χ4v) is 1.94. The molecule has 2 nitrogen and oxygen atoms in total. The summed E-state index contributed by atoms with van der Waals surface area (Å²) in [6.07, 6.45) is 5.59. The van der Waals surface area contributed by atoms with Crippen molar-refractivity contribution in [2.45, 2.75) is 6.42 Å². The van der Waals surface area contributed by atoms with Crippen molar-refractivity contribution in [2.24, 2.45) is 0 Å².